The number of aryl methyl sites for hydroxylation is 1. The summed E-state index contributed by atoms with van der Waals surface area (Å²) in [5, 5.41) is 14.9. The van der Waals surface area contributed by atoms with Crippen molar-refractivity contribution < 1.29 is 57.3 Å². The third kappa shape index (κ3) is 14.7. The lowest BCUT2D eigenvalue weighted by molar-refractivity contribution is -0.197. The zero-order chi connectivity index (χ0) is 50.0. The van der Waals surface area contributed by atoms with E-state index in [1.807, 2.05) is 52.1 Å². The highest BCUT2D eigenvalue weighted by molar-refractivity contribution is 6.32. The number of amides is 4. The summed E-state index contributed by atoms with van der Waals surface area (Å²) in [5.74, 6) is -4.09. The SMILES string of the molecule is COc1ccc(C[C@H]2NC(=O)/C=C/C[C@@H]([C@H](C)[C@H]3O[C@@H]3c3ccc(CN(C)Cc4cn(CCCC(=O)ON5C(=O)CCC5=O)nn4)cc3)OC(=O)[C@H](CC(C)C)OC(=O)C(C)(C)CNC2=O)cc1Cl. The highest BCUT2D eigenvalue weighted by atomic mass is 35.5. The molecule has 19 nitrogen and oxygen atoms in total. The summed E-state index contributed by atoms with van der Waals surface area (Å²) in [6.07, 6.45) is 3.00. The Labute approximate surface area is 406 Å². The van der Waals surface area contributed by atoms with E-state index in [0.29, 0.717) is 47.5 Å². The van der Waals surface area contributed by atoms with E-state index in [1.165, 1.54) is 13.2 Å². The maximum Gasteiger partial charge on any atom is 0.347 e. The molecule has 1 aromatic heterocycles. The number of hydrogen-bond donors (Lipinski definition) is 2. The molecule has 3 aromatic rings. The van der Waals surface area contributed by atoms with Crippen molar-refractivity contribution in [3.05, 3.63) is 88.2 Å². The maximum absolute atomic E-state index is 13.9. The molecule has 3 aliphatic rings. The van der Waals surface area contributed by atoms with Gasteiger partial charge >= 0.3 is 17.9 Å². The Morgan fingerprint density at radius 1 is 0.986 bits per heavy atom. The Bertz CT molecular complexity index is 2370. The van der Waals surface area contributed by atoms with Crippen LogP contribution in [0.1, 0.15) is 102 Å². The van der Waals surface area contributed by atoms with Crippen LogP contribution in [0.25, 0.3) is 0 Å². The number of rotatable bonds is 17. The number of nitrogens with zero attached hydrogens (tertiary/aromatic N) is 5. The standard InChI is InChI=1S/C49H62ClN7O12/c1-29(2)22-39-47(63)66-37(10-8-11-40(58)52-36(24-32-15-18-38(65-7)35(50)23-32)46(62)51-28-49(4,5)48(64)67-39)30(3)44-45(68-44)33-16-13-31(14-17-33)25-55(6)26-34-27-56(54-53-34)21-9-12-43(61)69-57-41(59)19-20-42(57)60/h8,11,13-18,23,27,29-30,36-37,39,44-45H,9-10,12,19-22,24-26,28H2,1-7H3,(H,51,62)(H,52,58)/b11-8+/t30-,36+,37-,39-,44+,45+/m0/s1. The highest BCUT2D eigenvalue weighted by Gasteiger charge is 2.48. The minimum atomic E-state index is -1.25. The molecule has 6 rings (SSSR count). The van der Waals surface area contributed by atoms with E-state index in [9.17, 15) is 33.6 Å². The molecular weight excluding hydrogens is 914 g/mol. The number of cyclic esters (lactones) is 2. The summed E-state index contributed by atoms with van der Waals surface area (Å²) in [4.78, 5) is 97.1. The summed E-state index contributed by atoms with van der Waals surface area (Å²) in [7, 11) is 3.46. The van der Waals surface area contributed by atoms with Gasteiger partial charge in [0.15, 0.2) is 6.10 Å². The van der Waals surface area contributed by atoms with Gasteiger partial charge in [0.2, 0.25) is 11.8 Å². The first-order valence-electron chi connectivity index (χ1n) is 23.2. The molecule has 0 aliphatic carbocycles. The molecule has 69 heavy (non-hydrogen) atoms. The monoisotopic (exact) mass is 975 g/mol. The number of ether oxygens (including phenoxy) is 4. The first kappa shape index (κ1) is 52.2. The lowest BCUT2D eigenvalue weighted by Gasteiger charge is -2.29. The van der Waals surface area contributed by atoms with Crippen molar-refractivity contribution in [3.8, 4) is 5.75 Å². The van der Waals surface area contributed by atoms with Gasteiger partial charge in [0.05, 0.1) is 29.3 Å². The van der Waals surface area contributed by atoms with Crippen LogP contribution in [0, 0.1) is 17.3 Å². The summed E-state index contributed by atoms with van der Waals surface area (Å²) < 4.78 is 25.1. The Balaban J connectivity index is 1.07. The molecule has 0 bridgehead atoms. The first-order chi connectivity index (χ1) is 32.8. The van der Waals surface area contributed by atoms with Gasteiger partial charge in [-0.3, -0.25) is 33.6 Å². The number of carbonyl (C=O) groups excluding carboxylic acids is 7. The number of carbonyl (C=O) groups is 7. The highest BCUT2D eigenvalue weighted by Crippen LogP contribution is 2.45. The van der Waals surface area contributed by atoms with E-state index in [1.54, 1.807) is 49.0 Å². The molecule has 2 fully saturated rings. The Morgan fingerprint density at radius 3 is 2.38 bits per heavy atom. The third-order valence-electron chi connectivity index (χ3n) is 12.0. The van der Waals surface area contributed by atoms with Crippen LogP contribution in [0.15, 0.2) is 60.8 Å². The second-order valence-corrected chi connectivity index (χ2v) is 19.3. The van der Waals surface area contributed by atoms with E-state index < -0.39 is 65.2 Å². The van der Waals surface area contributed by atoms with Crippen LogP contribution in [0.2, 0.25) is 5.02 Å². The lowest BCUT2D eigenvalue weighted by atomic mass is 9.92. The number of methoxy groups -OCH3 is 1. The van der Waals surface area contributed by atoms with Gasteiger partial charge < -0.3 is 34.4 Å². The number of esters is 2. The van der Waals surface area contributed by atoms with Crippen LogP contribution in [0.3, 0.4) is 0 Å². The van der Waals surface area contributed by atoms with Crippen molar-refractivity contribution in [1.82, 2.24) is 35.6 Å². The average molecular weight is 977 g/mol. The molecule has 0 radical (unpaired) electrons. The molecule has 0 spiro atoms. The molecule has 4 amide bonds. The zero-order valence-electron chi connectivity index (χ0n) is 40.1. The Hall–Kier alpha value is -6.18. The van der Waals surface area contributed by atoms with Crippen LogP contribution in [-0.4, -0.2) is 112 Å². The van der Waals surface area contributed by atoms with E-state index >= 15 is 0 Å². The van der Waals surface area contributed by atoms with Crippen molar-refractivity contribution in [2.45, 2.75) is 130 Å². The number of nitrogens with one attached hydrogen (secondary N) is 2. The number of benzene rings is 2. The molecule has 0 unspecified atom stereocenters. The fourth-order valence-corrected chi connectivity index (χ4v) is 8.27. The molecule has 372 valence electrons. The van der Waals surface area contributed by atoms with Gasteiger partial charge in [-0.2, -0.15) is 0 Å². The average Bonchev–Trinajstić information content (AvgIpc) is 3.88. The van der Waals surface area contributed by atoms with Crippen molar-refractivity contribution in [2.75, 3.05) is 20.7 Å². The van der Waals surface area contributed by atoms with Crippen molar-refractivity contribution in [2.24, 2.45) is 17.3 Å². The van der Waals surface area contributed by atoms with Crippen molar-refractivity contribution in [3.63, 3.8) is 0 Å². The number of aromatic nitrogens is 3. The van der Waals surface area contributed by atoms with E-state index in [-0.39, 0.29) is 69.1 Å². The second kappa shape index (κ2) is 23.4. The van der Waals surface area contributed by atoms with Crippen LogP contribution in [0.4, 0.5) is 0 Å². The Kier molecular flexibility index (Phi) is 17.7. The summed E-state index contributed by atoms with van der Waals surface area (Å²) in [5.41, 5.74) is 2.14. The van der Waals surface area contributed by atoms with Gasteiger partial charge in [-0.1, -0.05) is 74.0 Å². The lowest BCUT2D eigenvalue weighted by Crippen LogP contribution is -2.51. The van der Waals surface area contributed by atoms with Crippen molar-refractivity contribution >= 4 is 53.1 Å². The molecule has 2 saturated heterocycles. The van der Waals surface area contributed by atoms with Crippen LogP contribution in [-0.2, 0) is 78.7 Å². The molecule has 2 aromatic carbocycles. The van der Waals surface area contributed by atoms with Gasteiger partial charge in [-0.15, -0.1) is 10.2 Å². The molecule has 0 saturated carbocycles. The first-order valence-corrected chi connectivity index (χ1v) is 23.5. The summed E-state index contributed by atoms with van der Waals surface area (Å²) >= 11 is 6.37. The topological polar surface area (TPSA) is 230 Å². The quantitative estimate of drug-likeness (QED) is 0.106. The number of halogens is 1. The van der Waals surface area contributed by atoms with E-state index in [0.717, 1.165) is 16.8 Å². The summed E-state index contributed by atoms with van der Waals surface area (Å²) in [6, 6.07) is 12.1. The number of epoxide rings is 1. The van der Waals surface area contributed by atoms with Gasteiger partial charge in [0.25, 0.3) is 11.8 Å². The van der Waals surface area contributed by atoms with Gasteiger partial charge in [-0.25, -0.2) is 9.59 Å². The molecule has 3 aliphatic heterocycles. The number of hydroxylamine groups is 2. The van der Waals surface area contributed by atoms with E-state index in [4.69, 9.17) is 35.4 Å². The molecule has 2 N–H and O–H groups in total. The number of imide groups is 1. The fourth-order valence-electron chi connectivity index (χ4n) is 7.99. The zero-order valence-corrected chi connectivity index (χ0v) is 40.9. The molecule has 4 heterocycles. The predicted molar refractivity (Wildman–Crippen MR) is 248 cm³/mol. The van der Waals surface area contributed by atoms with Crippen LogP contribution < -0.4 is 15.4 Å². The Morgan fingerprint density at radius 2 is 1.70 bits per heavy atom. The van der Waals surface area contributed by atoms with Gasteiger partial charge in [0.1, 0.15) is 24.0 Å². The van der Waals surface area contributed by atoms with Gasteiger partial charge in [-0.05, 0) is 74.6 Å². The molecule has 20 heteroatoms. The van der Waals surface area contributed by atoms with Crippen LogP contribution in [0.5, 0.6) is 5.75 Å². The molecular formula is C49H62ClN7O12. The largest absolute Gasteiger partial charge is 0.495 e. The number of hydrogen-bond acceptors (Lipinski definition) is 15. The molecule has 6 atom stereocenters. The minimum absolute atomic E-state index is 0.00366. The van der Waals surface area contributed by atoms with Crippen molar-refractivity contribution in [1.29, 1.82) is 0 Å². The van der Waals surface area contributed by atoms with Crippen LogP contribution >= 0.6 is 11.6 Å². The maximum atomic E-state index is 13.9. The third-order valence-corrected chi connectivity index (χ3v) is 12.3. The predicted octanol–water partition coefficient (Wildman–Crippen LogP) is 4.74. The smallest absolute Gasteiger partial charge is 0.347 e. The van der Waals surface area contributed by atoms with Gasteiger partial charge in [0, 0.05) is 70.4 Å². The normalized spacial score (nSPS) is 23.3. The second-order valence-electron chi connectivity index (χ2n) is 18.9. The summed E-state index contributed by atoms with van der Waals surface area (Å²) in [6.45, 7) is 10.3. The minimum Gasteiger partial charge on any atom is -0.495 e. The van der Waals surface area contributed by atoms with E-state index in [2.05, 4.69) is 25.8 Å². The fraction of sp³-hybridized carbons (Fsp3) is 0.531.